The van der Waals surface area contributed by atoms with E-state index in [2.05, 4.69) is 6.58 Å². The molecule has 3 nitrogen and oxygen atoms in total. The largest absolute Gasteiger partial charge is 0.445 e. The Morgan fingerprint density at radius 2 is 2.04 bits per heavy atom. The number of ether oxygens (including phenoxy) is 1. The van der Waals surface area contributed by atoms with Crippen LogP contribution in [0.4, 0.5) is 4.79 Å². The lowest BCUT2D eigenvalue weighted by molar-refractivity contribution is -0.0311. The number of rotatable bonds is 4. The maximum Gasteiger partial charge on any atom is 0.410 e. The summed E-state index contributed by atoms with van der Waals surface area (Å²) in [4.78, 5) is 14.8. The monoisotopic (exact) mass is 313 g/mol. The fourth-order valence-electron chi connectivity index (χ4n) is 4.48. The molecule has 23 heavy (non-hydrogen) atoms. The molecule has 0 radical (unpaired) electrons. The molecule has 1 amide bonds. The molecule has 3 rings (SSSR count). The van der Waals surface area contributed by atoms with Crippen molar-refractivity contribution in [2.45, 2.75) is 57.1 Å². The van der Waals surface area contributed by atoms with Crippen LogP contribution in [-0.4, -0.2) is 23.1 Å². The van der Waals surface area contributed by atoms with E-state index in [0.717, 1.165) is 31.4 Å². The number of likely N-dealkylation sites (tertiary alicyclic amines) is 1. The number of nitrogens with zero attached hydrogens (tertiary/aromatic N) is 1. The van der Waals surface area contributed by atoms with Gasteiger partial charge in [-0.05, 0) is 43.6 Å². The van der Waals surface area contributed by atoms with Gasteiger partial charge in [0.2, 0.25) is 0 Å². The van der Waals surface area contributed by atoms with Crippen molar-refractivity contribution in [2.75, 3.05) is 6.54 Å². The van der Waals surface area contributed by atoms with E-state index in [-0.39, 0.29) is 11.6 Å². The average molecular weight is 313 g/mol. The molecule has 1 heterocycles. The number of hydrogen-bond acceptors (Lipinski definition) is 2. The molecule has 0 spiro atoms. The summed E-state index contributed by atoms with van der Waals surface area (Å²) < 4.78 is 5.64. The smallest absolute Gasteiger partial charge is 0.410 e. The van der Waals surface area contributed by atoms with Crippen molar-refractivity contribution in [2.24, 2.45) is 5.92 Å². The molecule has 2 atom stereocenters. The van der Waals surface area contributed by atoms with E-state index < -0.39 is 0 Å². The highest BCUT2D eigenvalue weighted by Crippen LogP contribution is 2.46. The van der Waals surface area contributed by atoms with Gasteiger partial charge in [0.25, 0.3) is 0 Å². The van der Waals surface area contributed by atoms with E-state index >= 15 is 0 Å². The molecule has 0 aromatic heterocycles. The van der Waals surface area contributed by atoms with Crippen molar-refractivity contribution in [1.29, 1.82) is 0 Å². The summed E-state index contributed by atoms with van der Waals surface area (Å²) in [6.45, 7) is 5.12. The second-order valence-corrected chi connectivity index (χ2v) is 6.87. The Bertz CT molecular complexity index is 540. The third-order valence-electron chi connectivity index (χ3n) is 5.57. The molecule has 1 saturated heterocycles. The maximum atomic E-state index is 12.8. The van der Waals surface area contributed by atoms with Crippen molar-refractivity contribution in [3.63, 3.8) is 0 Å². The molecule has 124 valence electrons. The predicted octanol–water partition coefficient (Wildman–Crippen LogP) is 4.92. The Morgan fingerprint density at radius 1 is 1.26 bits per heavy atom. The van der Waals surface area contributed by atoms with Crippen LogP contribution in [0.25, 0.3) is 0 Å². The highest BCUT2D eigenvalue weighted by atomic mass is 16.6. The van der Waals surface area contributed by atoms with Gasteiger partial charge in [0.15, 0.2) is 0 Å². The molecule has 2 fully saturated rings. The minimum atomic E-state index is -0.151. The topological polar surface area (TPSA) is 29.5 Å². The van der Waals surface area contributed by atoms with Crippen molar-refractivity contribution in [3.05, 3.63) is 48.6 Å². The van der Waals surface area contributed by atoms with Crippen molar-refractivity contribution in [3.8, 4) is 0 Å². The van der Waals surface area contributed by atoms with Crippen LogP contribution in [0.3, 0.4) is 0 Å². The van der Waals surface area contributed by atoms with Gasteiger partial charge in [0.1, 0.15) is 6.61 Å². The molecule has 1 aliphatic heterocycles. The summed E-state index contributed by atoms with van der Waals surface area (Å²) in [6.07, 6.45) is 9.85. The minimum absolute atomic E-state index is 0.0496. The van der Waals surface area contributed by atoms with Gasteiger partial charge < -0.3 is 9.64 Å². The van der Waals surface area contributed by atoms with Crippen LogP contribution in [0, 0.1) is 5.92 Å². The number of fused-ring (bicyclic) bond motifs is 1. The molecule has 3 heteroatoms. The van der Waals surface area contributed by atoms with E-state index in [9.17, 15) is 4.79 Å². The number of carbonyl (C=O) groups excluding carboxylic acids is 1. The van der Waals surface area contributed by atoms with E-state index in [1.807, 2.05) is 41.3 Å². The van der Waals surface area contributed by atoms with E-state index in [1.54, 1.807) is 0 Å². The first-order chi connectivity index (χ1) is 11.3. The van der Waals surface area contributed by atoms with Gasteiger partial charge in [-0.3, -0.25) is 0 Å². The minimum Gasteiger partial charge on any atom is -0.445 e. The number of piperidine rings is 1. The Kier molecular flexibility index (Phi) is 5.04. The zero-order valence-corrected chi connectivity index (χ0v) is 13.9. The molecule has 0 N–H and O–H groups in total. The standard InChI is InChI=1S/C20H27NO2/c1-2-13-20-14-7-6-11-18(20)12-8-15-21(20)19(22)23-16-17-9-4-3-5-10-17/h2-5,9-10,18H,1,6-8,11-16H2/t18-,20+/m0/s1. The molecule has 2 aliphatic rings. The predicted molar refractivity (Wildman–Crippen MR) is 92.1 cm³/mol. The van der Waals surface area contributed by atoms with Gasteiger partial charge in [-0.25, -0.2) is 4.79 Å². The van der Waals surface area contributed by atoms with Crippen LogP contribution in [-0.2, 0) is 11.3 Å². The van der Waals surface area contributed by atoms with Crippen LogP contribution in [0.15, 0.2) is 43.0 Å². The third-order valence-corrected chi connectivity index (χ3v) is 5.57. The Labute approximate surface area is 139 Å². The van der Waals surface area contributed by atoms with E-state index in [1.165, 1.54) is 25.7 Å². The molecule has 0 bridgehead atoms. The van der Waals surface area contributed by atoms with Gasteiger partial charge >= 0.3 is 6.09 Å². The zero-order chi connectivity index (χ0) is 16.1. The Morgan fingerprint density at radius 3 is 2.83 bits per heavy atom. The van der Waals surface area contributed by atoms with Gasteiger partial charge in [-0.15, -0.1) is 6.58 Å². The number of amides is 1. The second-order valence-electron chi connectivity index (χ2n) is 6.87. The lowest BCUT2D eigenvalue weighted by atomic mass is 9.66. The third kappa shape index (κ3) is 3.29. The summed E-state index contributed by atoms with van der Waals surface area (Å²) in [5.41, 5.74) is 0.988. The van der Waals surface area contributed by atoms with Crippen LogP contribution in [0.5, 0.6) is 0 Å². The van der Waals surface area contributed by atoms with E-state index in [0.29, 0.717) is 12.5 Å². The summed E-state index contributed by atoms with van der Waals surface area (Å²) in [5.74, 6) is 0.604. The van der Waals surface area contributed by atoms with E-state index in [4.69, 9.17) is 4.74 Å². The van der Waals surface area contributed by atoms with Gasteiger partial charge in [-0.1, -0.05) is 49.2 Å². The second kappa shape index (κ2) is 7.20. The summed E-state index contributed by atoms with van der Waals surface area (Å²) in [7, 11) is 0. The van der Waals surface area contributed by atoms with Crippen molar-refractivity contribution in [1.82, 2.24) is 4.90 Å². The summed E-state index contributed by atoms with van der Waals surface area (Å²) >= 11 is 0. The van der Waals surface area contributed by atoms with Gasteiger partial charge in [-0.2, -0.15) is 0 Å². The molecular weight excluding hydrogens is 286 g/mol. The van der Waals surface area contributed by atoms with Crippen molar-refractivity contribution >= 4 is 6.09 Å². The van der Waals surface area contributed by atoms with Crippen LogP contribution in [0.1, 0.15) is 50.5 Å². The molecule has 1 aromatic carbocycles. The SMILES string of the molecule is C=CC[C@@]12CCCC[C@H]1CCCN2C(=O)OCc1ccccc1. The quantitative estimate of drug-likeness (QED) is 0.738. The highest BCUT2D eigenvalue weighted by molar-refractivity contribution is 5.69. The molecule has 1 aliphatic carbocycles. The molecule has 1 aromatic rings. The average Bonchev–Trinajstić information content (AvgIpc) is 2.60. The number of benzene rings is 1. The molecule has 0 unspecified atom stereocenters. The first-order valence-electron chi connectivity index (χ1n) is 8.85. The number of carbonyl (C=O) groups is 1. The zero-order valence-electron chi connectivity index (χ0n) is 13.9. The van der Waals surface area contributed by atoms with Crippen LogP contribution in [0.2, 0.25) is 0 Å². The molecular formula is C20H27NO2. The summed E-state index contributed by atoms with van der Waals surface area (Å²) in [5, 5.41) is 0. The maximum absolute atomic E-state index is 12.8. The normalized spacial score (nSPS) is 27.1. The fraction of sp³-hybridized carbons (Fsp3) is 0.550. The first-order valence-corrected chi connectivity index (χ1v) is 8.85. The van der Waals surface area contributed by atoms with Gasteiger partial charge in [0.05, 0.1) is 5.54 Å². The number of hydrogen-bond donors (Lipinski definition) is 0. The Hall–Kier alpha value is -1.77. The lowest BCUT2D eigenvalue weighted by Crippen LogP contribution is -2.60. The lowest BCUT2D eigenvalue weighted by Gasteiger charge is -2.53. The fourth-order valence-corrected chi connectivity index (χ4v) is 4.48. The van der Waals surface area contributed by atoms with Crippen molar-refractivity contribution < 1.29 is 9.53 Å². The van der Waals surface area contributed by atoms with Gasteiger partial charge in [0, 0.05) is 6.54 Å². The Balaban J connectivity index is 1.72. The molecule has 1 saturated carbocycles. The highest BCUT2D eigenvalue weighted by Gasteiger charge is 2.48. The van der Waals surface area contributed by atoms with Crippen LogP contribution >= 0.6 is 0 Å². The summed E-state index contributed by atoms with van der Waals surface area (Å²) in [6, 6.07) is 9.90. The first kappa shape index (κ1) is 16.1. The van der Waals surface area contributed by atoms with Crippen LogP contribution < -0.4 is 0 Å².